The molecular weight excluding hydrogens is 230 g/mol. The van der Waals surface area contributed by atoms with E-state index in [1.165, 1.54) is 12.8 Å². The van der Waals surface area contributed by atoms with Crippen molar-refractivity contribution in [3.63, 3.8) is 0 Å². The van der Waals surface area contributed by atoms with E-state index in [0.29, 0.717) is 0 Å². The van der Waals surface area contributed by atoms with E-state index < -0.39 is 0 Å². The Bertz CT molecular complexity index is 225. The molecule has 0 spiro atoms. The first-order chi connectivity index (χ1) is 8.85. The van der Waals surface area contributed by atoms with Crippen LogP contribution < -0.4 is 5.32 Å². The Morgan fingerprint density at radius 3 is 2.72 bits per heavy atom. The van der Waals surface area contributed by atoms with Gasteiger partial charge < -0.3 is 19.5 Å². The third-order valence-electron chi connectivity index (χ3n) is 4.00. The number of rotatable bonds is 9. The molecule has 0 atom stereocenters. The SMILES string of the molecule is COCCNCC1(COCC2CC2)CCOCC1. The van der Waals surface area contributed by atoms with Gasteiger partial charge in [-0.05, 0) is 31.6 Å². The molecule has 1 aliphatic heterocycles. The van der Waals surface area contributed by atoms with Crippen LogP contribution in [0.5, 0.6) is 0 Å². The first-order valence-corrected chi connectivity index (χ1v) is 7.20. The van der Waals surface area contributed by atoms with Gasteiger partial charge >= 0.3 is 0 Å². The third-order valence-corrected chi connectivity index (χ3v) is 4.00. The summed E-state index contributed by atoms with van der Waals surface area (Å²) in [7, 11) is 1.74. The molecule has 0 radical (unpaired) electrons. The lowest BCUT2D eigenvalue weighted by atomic mass is 9.81. The summed E-state index contributed by atoms with van der Waals surface area (Å²) >= 11 is 0. The smallest absolute Gasteiger partial charge is 0.0587 e. The molecule has 4 nitrogen and oxygen atoms in total. The zero-order chi connectivity index (χ0) is 12.7. The highest BCUT2D eigenvalue weighted by Gasteiger charge is 2.33. The Hall–Kier alpha value is -0.160. The summed E-state index contributed by atoms with van der Waals surface area (Å²) in [6.45, 7) is 6.30. The quantitative estimate of drug-likeness (QED) is 0.635. The Balaban J connectivity index is 1.69. The molecule has 1 heterocycles. The summed E-state index contributed by atoms with van der Waals surface area (Å²) in [4.78, 5) is 0. The number of hydrogen-bond acceptors (Lipinski definition) is 4. The normalized spacial score (nSPS) is 23.2. The molecule has 0 aromatic heterocycles. The van der Waals surface area contributed by atoms with E-state index in [2.05, 4.69) is 5.32 Å². The second-order valence-electron chi connectivity index (χ2n) is 5.74. The van der Waals surface area contributed by atoms with Crippen LogP contribution in [0.1, 0.15) is 25.7 Å². The van der Waals surface area contributed by atoms with Gasteiger partial charge in [0, 0.05) is 45.4 Å². The second kappa shape index (κ2) is 7.43. The van der Waals surface area contributed by atoms with Crippen molar-refractivity contribution < 1.29 is 14.2 Å². The van der Waals surface area contributed by atoms with Gasteiger partial charge in [0.2, 0.25) is 0 Å². The summed E-state index contributed by atoms with van der Waals surface area (Å²) in [6, 6.07) is 0. The van der Waals surface area contributed by atoms with Crippen molar-refractivity contribution in [3.05, 3.63) is 0 Å². The molecule has 0 aromatic carbocycles. The van der Waals surface area contributed by atoms with Gasteiger partial charge in [-0.3, -0.25) is 0 Å². The Morgan fingerprint density at radius 2 is 2.06 bits per heavy atom. The maximum atomic E-state index is 5.93. The average Bonchev–Trinajstić information content (AvgIpc) is 3.20. The molecular formula is C14H27NO3. The van der Waals surface area contributed by atoms with Gasteiger partial charge in [0.15, 0.2) is 0 Å². The fourth-order valence-corrected chi connectivity index (χ4v) is 2.43. The number of methoxy groups -OCH3 is 1. The van der Waals surface area contributed by atoms with Crippen molar-refractivity contribution >= 4 is 0 Å². The minimum absolute atomic E-state index is 0.279. The zero-order valence-corrected chi connectivity index (χ0v) is 11.6. The first-order valence-electron chi connectivity index (χ1n) is 7.20. The van der Waals surface area contributed by atoms with Crippen molar-refractivity contribution in [3.8, 4) is 0 Å². The first kappa shape index (κ1) is 14.3. The lowest BCUT2D eigenvalue weighted by molar-refractivity contribution is -0.0409. The molecule has 4 heteroatoms. The van der Waals surface area contributed by atoms with Crippen molar-refractivity contribution in [2.24, 2.45) is 11.3 Å². The van der Waals surface area contributed by atoms with Gasteiger partial charge in [0.1, 0.15) is 0 Å². The van der Waals surface area contributed by atoms with Gasteiger partial charge in [0.25, 0.3) is 0 Å². The van der Waals surface area contributed by atoms with Crippen molar-refractivity contribution in [2.75, 3.05) is 53.2 Å². The highest BCUT2D eigenvalue weighted by molar-refractivity contribution is 4.84. The van der Waals surface area contributed by atoms with Crippen molar-refractivity contribution in [1.82, 2.24) is 5.32 Å². The second-order valence-corrected chi connectivity index (χ2v) is 5.74. The Labute approximate surface area is 110 Å². The summed E-state index contributed by atoms with van der Waals surface area (Å²) in [5.74, 6) is 0.850. The standard InChI is InChI=1S/C14H27NO3/c1-16-9-6-15-11-14(4-7-17-8-5-14)12-18-10-13-2-3-13/h13,15H,2-12H2,1H3. The molecule has 0 aromatic rings. The molecule has 2 fully saturated rings. The van der Waals surface area contributed by atoms with E-state index >= 15 is 0 Å². The largest absolute Gasteiger partial charge is 0.383 e. The van der Waals surface area contributed by atoms with Crippen LogP contribution in [-0.2, 0) is 14.2 Å². The minimum atomic E-state index is 0.279. The van der Waals surface area contributed by atoms with Crippen LogP contribution >= 0.6 is 0 Å². The molecule has 1 N–H and O–H groups in total. The molecule has 1 saturated heterocycles. The molecule has 1 aliphatic carbocycles. The molecule has 2 aliphatic rings. The molecule has 0 bridgehead atoms. The van der Waals surface area contributed by atoms with Gasteiger partial charge in [0.05, 0.1) is 13.2 Å². The van der Waals surface area contributed by atoms with Gasteiger partial charge in [-0.1, -0.05) is 0 Å². The van der Waals surface area contributed by atoms with Crippen LogP contribution in [0.2, 0.25) is 0 Å². The van der Waals surface area contributed by atoms with E-state index in [-0.39, 0.29) is 5.41 Å². The summed E-state index contributed by atoms with van der Waals surface area (Å²) in [5, 5.41) is 3.49. The number of hydrogen-bond donors (Lipinski definition) is 1. The highest BCUT2D eigenvalue weighted by Crippen LogP contribution is 2.33. The predicted molar refractivity (Wildman–Crippen MR) is 70.8 cm³/mol. The van der Waals surface area contributed by atoms with E-state index in [1.54, 1.807) is 7.11 Å². The van der Waals surface area contributed by atoms with Crippen LogP contribution in [0.25, 0.3) is 0 Å². The van der Waals surface area contributed by atoms with Crippen LogP contribution in [-0.4, -0.2) is 53.2 Å². The lowest BCUT2D eigenvalue weighted by Gasteiger charge is -2.37. The molecule has 18 heavy (non-hydrogen) atoms. The van der Waals surface area contributed by atoms with E-state index in [0.717, 1.165) is 64.9 Å². The Kier molecular flexibility index (Phi) is 5.89. The zero-order valence-electron chi connectivity index (χ0n) is 11.6. The van der Waals surface area contributed by atoms with Crippen molar-refractivity contribution in [1.29, 1.82) is 0 Å². The maximum absolute atomic E-state index is 5.93. The monoisotopic (exact) mass is 257 g/mol. The maximum Gasteiger partial charge on any atom is 0.0587 e. The molecule has 0 unspecified atom stereocenters. The van der Waals surface area contributed by atoms with Gasteiger partial charge in [-0.25, -0.2) is 0 Å². The van der Waals surface area contributed by atoms with Crippen LogP contribution in [0.15, 0.2) is 0 Å². The number of nitrogens with one attached hydrogen (secondary N) is 1. The van der Waals surface area contributed by atoms with Crippen LogP contribution in [0.4, 0.5) is 0 Å². The highest BCUT2D eigenvalue weighted by atomic mass is 16.5. The third kappa shape index (κ3) is 4.84. The fourth-order valence-electron chi connectivity index (χ4n) is 2.43. The van der Waals surface area contributed by atoms with Crippen LogP contribution in [0.3, 0.4) is 0 Å². The van der Waals surface area contributed by atoms with Gasteiger partial charge in [-0.2, -0.15) is 0 Å². The topological polar surface area (TPSA) is 39.7 Å². The van der Waals surface area contributed by atoms with Crippen molar-refractivity contribution in [2.45, 2.75) is 25.7 Å². The number of ether oxygens (including phenoxy) is 3. The molecule has 2 rings (SSSR count). The van der Waals surface area contributed by atoms with Crippen LogP contribution in [0, 0.1) is 11.3 Å². The minimum Gasteiger partial charge on any atom is -0.383 e. The Morgan fingerprint density at radius 1 is 1.28 bits per heavy atom. The van der Waals surface area contributed by atoms with E-state index in [1.807, 2.05) is 0 Å². The average molecular weight is 257 g/mol. The summed E-state index contributed by atoms with van der Waals surface area (Å²) in [6.07, 6.45) is 4.94. The van der Waals surface area contributed by atoms with Gasteiger partial charge in [-0.15, -0.1) is 0 Å². The van der Waals surface area contributed by atoms with E-state index in [4.69, 9.17) is 14.2 Å². The lowest BCUT2D eigenvalue weighted by Crippen LogP contribution is -2.43. The summed E-state index contributed by atoms with van der Waals surface area (Å²) in [5.41, 5.74) is 0.279. The molecule has 1 saturated carbocycles. The predicted octanol–water partition coefficient (Wildman–Crippen LogP) is 1.45. The summed E-state index contributed by atoms with van der Waals surface area (Å²) < 4.78 is 16.5. The molecule has 0 amide bonds. The van der Waals surface area contributed by atoms with E-state index in [9.17, 15) is 0 Å². The fraction of sp³-hybridized carbons (Fsp3) is 1.00. The molecule has 106 valence electrons.